The predicted molar refractivity (Wildman–Crippen MR) is 210 cm³/mol. The summed E-state index contributed by atoms with van der Waals surface area (Å²) in [4.78, 5) is 10.4. The van der Waals surface area contributed by atoms with E-state index in [1.165, 1.54) is 38.3 Å². The fourth-order valence-corrected chi connectivity index (χ4v) is 8.14. The maximum absolute atomic E-state index is 6.43. The Morgan fingerprint density at radius 3 is 2.08 bits per heavy atom. The SMILES string of the molecule is C1=CCCC(n2c3cc4c(cc3c3c5c(ccc32)oc2ccccc25)c2ccccc2n4-c2cc(-c3ccccc3)nc(-c3ccccc3)n2)=C1. The summed E-state index contributed by atoms with van der Waals surface area (Å²) in [6, 6.07) is 49.0. The number of benzene rings is 6. The zero-order valence-corrected chi connectivity index (χ0v) is 27.6. The molecular formula is C46H30N4O. The van der Waals surface area contributed by atoms with Crippen LogP contribution in [0, 0.1) is 0 Å². The van der Waals surface area contributed by atoms with E-state index in [4.69, 9.17) is 14.4 Å². The maximum atomic E-state index is 6.43. The number of hydrogen-bond donors (Lipinski definition) is 0. The number of allylic oxidation sites excluding steroid dienone is 4. The van der Waals surface area contributed by atoms with Crippen LogP contribution in [0.3, 0.4) is 0 Å². The molecule has 0 spiro atoms. The van der Waals surface area contributed by atoms with E-state index in [9.17, 15) is 0 Å². The van der Waals surface area contributed by atoms with Gasteiger partial charge in [0, 0.05) is 55.2 Å². The van der Waals surface area contributed by atoms with Crippen LogP contribution in [-0.2, 0) is 0 Å². The number of aromatic nitrogens is 4. The minimum absolute atomic E-state index is 0.696. The molecule has 240 valence electrons. The van der Waals surface area contributed by atoms with Crippen molar-refractivity contribution in [2.24, 2.45) is 0 Å². The summed E-state index contributed by atoms with van der Waals surface area (Å²) in [5, 5.41) is 7.10. The molecule has 0 bridgehead atoms. The Balaban J connectivity index is 1.29. The molecule has 1 aliphatic rings. The molecule has 1 aliphatic carbocycles. The van der Waals surface area contributed by atoms with E-state index in [1.807, 2.05) is 30.3 Å². The molecule has 0 aliphatic heterocycles. The van der Waals surface area contributed by atoms with E-state index in [1.54, 1.807) is 0 Å². The first kappa shape index (κ1) is 28.2. The molecular weight excluding hydrogens is 625 g/mol. The Labute approximate surface area is 293 Å². The molecule has 4 heterocycles. The van der Waals surface area contributed by atoms with Crippen molar-refractivity contribution in [3.05, 3.63) is 158 Å². The van der Waals surface area contributed by atoms with E-state index >= 15 is 0 Å². The topological polar surface area (TPSA) is 48.8 Å². The second-order valence-electron chi connectivity index (χ2n) is 13.3. The first-order valence-corrected chi connectivity index (χ1v) is 17.5. The maximum Gasteiger partial charge on any atom is 0.162 e. The molecule has 0 fully saturated rings. The molecule has 6 aromatic carbocycles. The molecule has 10 aromatic rings. The number of furan rings is 1. The molecule has 0 amide bonds. The summed E-state index contributed by atoms with van der Waals surface area (Å²) in [6.07, 6.45) is 8.68. The van der Waals surface area contributed by atoms with Crippen molar-refractivity contribution in [3.8, 4) is 28.5 Å². The van der Waals surface area contributed by atoms with Gasteiger partial charge in [0.05, 0.1) is 27.8 Å². The lowest BCUT2D eigenvalue weighted by molar-refractivity contribution is 0.669. The van der Waals surface area contributed by atoms with Gasteiger partial charge in [0.1, 0.15) is 17.0 Å². The molecule has 0 saturated heterocycles. The third kappa shape index (κ3) is 4.21. The van der Waals surface area contributed by atoms with Crippen LogP contribution in [0.4, 0.5) is 0 Å². The molecule has 4 aromatic heterocycles. The summed E-state index contributed by atoms with van der Waals surface area (Å²) >= 11 is 0. The first-order chi connectivity index (χ1) is 25.3. The minimum Gasteiger partial charge on any atom is -0.456 e. The minimum atomic E-state index is 0.696. The average Bonchev–Trinajstić information content (AvgIpc) is 3.85. The summed E-state index contributed by atoms with van der Waals surface area (Å²) in [5.41, 5.74) is 10.6. The Bertz CT molecular complexity index is 3010. The predicted octanol–water partition coefficient (Wildman–Crippen LogP) is 12.1. The molecule has 5 heteroatoms. The Kier molecular flexibility index (Phi) is 6.01. The Morgan fingerprint density at radius 1 is 0.510 bits per heavy atom. The molecule has 0 unspecified atom stereocenters. The molecule has 0 saturated carbocycles. The Morgan fingerprint density at radius 2 is 1.25 bits per heavy atom. The standard InChI is InChI=1S/C46H30N4O/c1-4-14-29(15-5-1)36-27-43(48-46(47-36)30-16-6-2-7-17-30)50-37-22-12-10-20-32(37)34-26-35-40(28-39(34)50)49(31-18-8-3-9-19-31)38-24-25-42-45(44(35)38)33-21-11-13-23-41(33)51-42/h1-8,10-18,20-28H,9,19H2. The van der Waals surface area contributed by atoms with E-state index < -0.39 is 0 Å². The van der Waals surface area contributed by atoms with Crippen LogP contribution in [0.25, 0.3) is 99.7 Å². The monoisotopic (exact) mass is 654 g/mol. The van der Waals surface area contributed by atoms with E-state index in [-0.39, 0.29) is 0 Å². The lowest BCUT2D eigenvalue weighted by atomic mass is 10.0. The molecule has 0 atom stereocenters. The van der Waals surface area contributed by atoms with Crippen LogP contribution in [0.1, 0.15) is 12.8 Å². The molecule has 0 radical (unpaired) electrons. The van der Waals surface area contributed by atoms with Crippen molar-refractivity contribution in [2.45, 2.75) is 12.8 Å². The first-order valence-electron chi connectivity index (χ1n) is 17.5. The summed E-state index contributed by atoms with van der Waals surface area (Å²) in [7, 11) is 0. The van der Waals surface area contributed by atoms with E-state index in [2.05, 4.69) is 137 Å². The van der Waals surface area contributed by atoms with Gasteiger partial charge in [-0.3, -0.25) is 4.57 Å². The number of hydrogen-bond acceptors (Lipinski definition) is 3. The van der Waals surface area contributed by atoms with E-state index in [0.717, 1.165) is 68.5 Å². The molecule has 0 N–H and O–H groups in total. The van der Waals surface area contributed by atoms with Gasteiger partial charge in [-0.25, -0.2) is 9.97 Å². The summed E-state index contributed by atoms with van der Waals surface area (Å²) in [6.45, 7) is 0. The van der Waals surface area contributed by atoms with Crippen molar-refractivity contribution in [2.75, 3.05) is 0 Å². The fraction of sp³-hybridized carbons (Fsp3) is 0.0435. The third-order valence-corrected chi connectivity index (χ3v) is 10.4. The van der Waals surface area contributed by atoms with Crippen LogP contribution >= 0.6 is 0 Å². The zero-order chi connectivity index (χ0) is 33.5. The van der Waals surface area contributed by atoms with Crippen LogP contribution in [0.5, 0.6) is 0 Å². The third-order valence-electron chi connectivity index (χ3n) is 10.4. The zero-order valence-electron chi connectivity index (χ0n) is 27.6. The number of rotatable bonds is 4. The average molecular weight is 655 g/mol. The van der Waals surface area contributed by atoms with Crippen molar-refractivity contribution in [1.82, 2.24) is 19.1 Å². The molecule has 11 rings (SSSR count). The van der Waals surface area contributed by atoms with Gasteiger partial charge in [-0.1, -0.05) is 109 Å². The highest BCUT2D eigenvalue weighted by Crippen LogP contribution is 2.45. The highest BCUT2D eigenvalue weighted by molar-refractivity contribution is 6.29. The summed E-state index contributed by atoms with van der Waals surface area (Å²) in [5.74, 6) is 1.53. The second-order valence-corrected chi connectivity index (χ2v) is 13.3. The van der Waals surface area contributed by atoms with E-state index in [0.29, 0.717) is 5.82 Å². The van der Waals surface area contributed by atoms with Gasteiger partial charge in [-0.05, 0) is 55.3 Å². The van der Waals surface area contributed by atoms with Gasteiger partial charge in [0.15, 0.2) is 5.82 Å². The highest BCUT2D eigenvalue weighted by atomic mass is 16.3. The summed E-state index contributed by atoms with van der Waals surface area (Å²) < 4.78 is 11.2. The van der Waals surface area contributed by atoms with Crippen LogP contribution in [-0.4, -0.2) is 19.1 Å². The highest BCUT2D eigenvalue weighted by Gasteiger charge is 2.23. The number of fused-ring (bicyclic) bond motifs is 10. The van der Waals surface area contributed by atoms with Gasteiger partial charge in [-0.15, -0.1) is 0 Å². The van der Waals surface area contributed by atoms with Crippen molar-refractivity contribution < 1.29 is 4.42 Å². The Hall–Kier alpha value is -6.72. The van der Waals surface area contributed by atoms with Gasteiger partial charge < -0.3 is 8.98 Å². The van der Waals surface area contributed by atoms with Crippen molar-refractivity contribution in [3.63, 3.8) is 0 Å². The van der Waals surface area contributed by atoms with Gasteiger partial charge in [0.2, 0.25) is 0 Å². The number of nitrogens with zero attached hydrogens (tertiary/aromatic N) is 4. The number of para-hydroxylation sites is 2. The second kappa shape index (κ2) is 10.9. The van der Waals surface area contributed by atoms with Gasteiger partial charge >= 0.3 is 0 Å². The van der Waals surface area contributed by atoms with Gasteiger partial charge in [0.25, 0.3) is 0 Å². The van der Waals surface area contributed by atoms with Crippen LogP contribution in [0.2, 0.25) is 0 Å². The molecule has 51 heavy (non-hydrogen) atoms. The smallest absolute Gasteiger partial charge is 0.162 e. The van der Waals surface area contributed by atoms with Crippen molar-refractivity contribution in [1.29, 1.82) is 0 Å². The van der Waals surface area contributed by atoms with Gasteiger partial charge in [-0.2, -0.15) is 0 Å². The lowest BCUT2D eigenvalue weighted by Crippen LogP contribution is -2.03. The molecule has 5 nitrogen and oxygen atoms in total. The quantitative estimate of drug-likeness (QED) is 0.190. The largest absolute Gasteiger partial charge is 0.456 e. The normalized spacial score (nSPS) is 13.4. The van der Waals surface area contributed by atoms with Crippen LogP contribution < -0.4 is 0 Å². The van der Waals surface area contributed by atoms with Crippen molar-refractivity contribution >= 4 is 71.2 Å². The lowest BCUT2D eigenvalue weighted by Gasteiger charge is -2.15. The van der Waals surface area contributed by atoms with Crippen LogP contribution in [0.15, 0.2) is 162 Å². The fourth-order valence-electron chi connectivity index (χ4n) is 8.14.